The van der Waals surface area contributed by atoms with Crippen molar-refractivity contribution in [1.29, 1.82) is 5.41 Å². The quantitative estimate of drug-likeness (QED) is 0.00722. The van der Waals surface area contributed by atoms with Crippen molar-refractivity contribution in [3.63, 3.8) is 0 Å². The number of fused-ring (bicyclic) bond motifs is 1. The number of carbonyl (C=O) groups is 8. The Kier molecular flexibility index (Phi) is 24.9. The van der Waals surface area contributed by atoms with E-state index in [1.807, 2.05) is 44.2 Å². The Morgan fingerprint density at radius 2 is 1.45 bits per heavy atom. The van der Waals surface area contributed by atoms with Crippen LogP contribution >= 0.6 is 0 Å². The van der Waals surface area contributed by atoms with E-state index in [9.17, 15) is 63.4 Å². The van der Waals surface area contributed by atoms with Crippen molar-refractivity contribution in [2.75, 3.05) is 38.6 Å². The van der Waals surface area contributed by atoms with E-state index in [0.29, 0.717) is 41.5 Å². The lowest BCUT2D eigenvalue weighted by atomic mass is 10.0. The minimum atomic E-state index is -1.79. The third-order valence-electron chi connectivity index (χ3n) is 13.9. The minimum Gasteiger partial charge on any atom is -0.497 e. The van der Waals surface area contributed by atoms with Crippen LogP contribution in [0.4, 0.5) is 17.1 Å². The summed E-state index contributed by atoms with van der Waals surface area (Å²) in [6, 6.07) is 16.3. The van der Waals surface area contributed by atoms with Crippen molar-refractivity contribution < 1.29 is 62.1 Å². The molecule has 5 aromatic rings. The number of imide groups is 1. The van der Waals surface area contributed by atoms with E-state index in [-0.39, 0.29) is 73.5 Å². The van der Waals surface area contributed by atoms with E-state index in [4.69, 9.17) is 25.0 Å². The molecular weight excluding hydrogens is 1160 g/mol. The summed E-state index contributed by atoms with van der Waals surface area (Å²) in [4.78, 5) is 145. The molecule has 0 aliphatic carbocycles. The standard InChI is InChI=1S/C59H72N14O16/c1-33(2)24-45(69-55(79)43-12-8-22-62-43)54(78)65-31-51(75)67-46(25-35-14-17-39(18-15-35)88-32-36-10-6-5-7-11-36)57(81)70-47(30-64-42-21-16-38(72(83)84)28-48(42)73(85)86)58(82)66-34(3)53(77)68-44(13-9-23-63-59(60)61)56(80)71-50(74)26-37-27-52(76)89-49-29-40(87-4)19-20-41(37)49/h5-7,10-11,14-21,27-29,33-34,43-47,62,64H,8-9,12-13,22-26,30-32H2,1-4H3,(H,65,78)(H,66,82)(H,67,75)(H,68,77)(H,69,79)(H,70,81)(H4,60,61,63)(H,71,74,80)/t34-,43-,44-,45-,46-,47-/m0/s1. The fourth-order valence-electron chi connectivity index (χ4n) is 9.35. The van der Waals surface area contributed by atoms with Gasteiger partial charge < -0.3 is 67.5 Å². The first-order valence-corrected chi connectivity index (χ1v) is 28.4. The molecule has 474 valence electrons. The predicted molar refractivity (Wildman–Crippen MR) is 323 cm³/mol. The number of benzene rings is 4. The maximum Gasteiger partial charge on any atom is 0.336 e. The first kappa shape index (κ1) is 67.6. The summed E-state index contributed by atoms with van der Waals surface area (Å²) in [5, 5.41) is 57.5. The number of carbonyl (C=O) groups excluding carboxylic acids is 8. The first-order valence-electron chi connectivity index (χ1n) is 28.4. The number of nitrogens with zero attached hydrogens (tertiary/aromatic N) is 2. The highest BCUT2D eigenvalue weighted by Crippen LogP contribution is 2.29. The molecule has 1 saturated heterocycles. The van der Waals surface area contributed by atoms with E-state index in [1.165, 1.54) is 20.1 Å². The number of nitro groups is 2. The number of ether oxygens (including phenoxy) is 2. The molecule has 89 heavy (non-hydrogen) atoms. The van der Waals surface area contributed by atoms with Crippen LogP contribution in [0.25, 0.3) is 11.0 Å². The summed E-state index contributed by atoms with van der Waals surface area (Å²) in [6.45, 7) is 4.46. The fourth-order valence-corrected chi connectivity index (χ4v) is 9.35. The van der Waals surface area contributed by atoms with E-state index in [1.54, 1.807) is 36.4 Å². The van der Waals surface area contributed by atoms with E-state index in [0.717, 1.165) is 30.2 Å². The average Bonchev–Trinajstić information content (AvgIpc) is 4.16. The number of amides is 8. The number of nitrogens with two attached hydrogens (primary N) is 1. The second-order valence-corrected chi connectivity index (χ2v) is 21.3. The van der Waals surface area contributed by atoms with E-state index in [2.05, 4.69) is 53.2 Å². The zero-order valence-corrected chi connectivity index (χ0v) is 49.3. The van der Waals surface area contributed by atoms with Gasteiger partial charge in [0.2, 0.25) is 47.3 Å². The number of guanidine groups is 1. The summed E-state index contributed by atoms with van der Waals surface area (Å²) >= 11 is 0. The second kappa shape index (κ2) is 32.8. The van der Waals surface area contributed by atoms with Crippen LogP contribution in [0.1, 0.15) is 69.6 Å². The lowest BCUT2D eigenvalue weighted by Crippen LogP contribution is -2.60. The molecule has 0 bridgehead atoms. The largest absolute Gasteiger partial charge is 0.497 e. The third kappa shape index (κ3) is 21.1. The van der Waals surface area contributed by atoms with Gasteiger partial charge in [-0.2, -0.15) is 0 Å². The van der Waals surface area contributed by atoms with Gasteiger partial charge in [-0.05, 0) is 98.5 Å². The Bertz CT molecular complexity index is 3450. The van der Waals surface area contributed by atoms with Crippen LogP contribution in [0.2, 0.25) is 0 Å². The topological polar surface area (TPSA) is 442 Å². The van der Waals surface area contributed by atoms with Crippen LogP contribution in [0, 0.1) is 31.6 Å². The SMILES string of the molecule is COc1ccc2c(CC(=O)NC(=O)[C@H](CCCNC(=N)N)NC(=O)[C@H](C)NC(=O)[C@H](CNc3ccc([N+](=O)[O-])cc3[N+](=O)[O-])NC(=O)[C@H](Cc3ccc(OCc4ccccc4)cc3)NC(=O)CNC(=O)[C@H](CC(C)C)NC(=O)[C@@H]3CCCN3)cc(=O)oc2c1. The van der Waals surface area contributed by atoms with Gasteiger partial charge in [-0.25, -0.2) is 4.79 Å². The summed E-state index contributed by atoms with van der Waals surface area (Å²) in [5.41, 5.74) is 4.57. The molecule has 1 fully saturated rings. The number of nitrogens with one attached hydrogen (secondary N) is 11. The molecule has 1 aliphatic heterocycles. The molecule has 6 rings (SSSR count). The number of nitro benzene ring substituents is 2. The maximum atomic E-state index is 14.7. The molecule has 0 unspecified atom stereocenters. The van der Waals surface area contributed by atoms with Crippen molar-refractivity contribution >= 4 is 81.2 Å². The maximum absolute atomic E-state index is 14.7. The molecule has 1 aromatic heterocycles. The molecular formula is C59H72N14O16. The van der Waals surface area contributed by atoms with Crippen molar-refractivity contribution in [1.82, 2.24) is 47.9 Å². The van der Waals surface area contributed by atoms with E-state index < -0.39 is 124 Å². The normalized spacial score (nSPS) is 14.3. The van der Waals surface area contributed by atoms with Crippen LogP contribution in [0.15, 0.2) is 106 Å². The van der Waals surface area contributed by atoms with Crippen molar-refractivity contribution in [3.05, 3.63) is 144 Å². The number of anilines is 1. The van der Waals surface area contributed by atoms with Gasteiger partial charge in [-0.15, -0.1) is 0 Å². The molecule has 30 nitrogen and oxygen atoms in total. The molecule has 13 N–H and O–H groups in total. The first-order chi connectivity index (χ1) is 42.5. The van der Waals surface area contributed by atoms with Crippen LogP contribution in [-0.2, 0) is 57.8 Å². The Morgan fingerprint density at radius 1 is 0.742 bits per heavy atom. The number of hydrogen-bond donors (Lipinski definition) is 12. The van der Waals surface area contributed by atoms with Crippen molar-refractivity contribution in [3.8, 4) is 11.5 Å². The van der Waals surface area contributed by atoms with Crippen LogP contribution in [0.5, 0.6) is 11.5 Å². The molecule has 8 amide bonds. The summed E-state index contributed by atoms with van der Waals surface area (Å²) < 4.78 is 16.4. The van der Waals surface area contributed by atoms with Gasteiger partial charge in [0.05, 0.1) is 42.0 Å². The number of non-ortho nitro benzene ring substituents is 1. The second-order valence-electron chi connectivity index (χ2n) is 21.3. The molecule has 1 aliphatic rings. The van der Waals surface area contributed by atoms with Crippen LogP contribution < -0.4 is 74.0 Å². The van der Waals surface area contributed by atoms with Gasteiger partial charge in [0.1, 0.15) is 59.6 Å². The fraction of sp³-hybridized carbons (Fsp3) is 0.390. The van der Waals surface area contributed by atoms with Crippen molar-refractivity contribution in [2.24, 2.45) is 11.7 Å². The highest BCUT2D eigenvalue weighted by atomic mass is 16.6. The molecule has 6 atom stereocenters. The minimum absolute atomic E-state index is 0.0488. The van der Waals surface area contributed by atoms with Gasteiger partial charge in [-0.1, -0.05) is 56.3 Å². The van der Waals surface area contributed by atoms with Gasteiger partial charge in [-0.3, -0.25) is 69.3 Å². The Labute approximate surface area is 509 Å². The molecule has 4 aromatic carbocycles. The predicted octanol–water partition coefficient (Wildman–Crippen LogP) is 1.36. The Morgan fingerprint density at radius 3 is 2.11 bits per heavy atom. The summed E-state index contributed by atoms with van der Waals surface area (Å²) in [5.74, 6) is -6.55. The summed E-state index contributed by atoms with van der Waals surface area (Å²) in [7, 11) is 1.41. The lowest BCUT2D eigenvalue weighted by Gasteiger charge is -2.26. The third-order valence-corrected chi connectivity index (χ3v) is 13.9. The van der Waals surface area contributed by atoms with E-state index >= 15 is 0 Å². The lowest BCUT2D eigenvalue weighted by molar-refractivity contribution is -0.393. The molecule has 30 heteroatoms. The smallest absolute Gasteiger partial charge is 0.336 e. The monoisotopic (exact) mass is 1230 g/mol. The van der Waals surface area contributed by atoms with Gasteiger partial charge >= 0.3 is 5.63 Å². The van der Waals surface area contributed by atoms with Gasteiger partial charge in [0.25, 0.3) is 11.4 Å². The Hall–Kier alpha value is -10.5. The van der Waals surface area contributed by atoms with Gasteiger partial charge in [0.15, 0.2) is 5.96 Å². The molecule has 2 heterocycles. The van der Waals surface area contributed by atoms with Gasteiger partial charge in [0, 0.05) is 43.1 Å². The highest BCUT2D eigenvalue weighted by Gasteiger charge is 2.33. The summed E-state index contributed by atoms with van der Waals surface area (Å²) in [6.07, 6.45) is 0.779. The van der Waals surface area contributed by atoms with Crippen molar-refractivity contribution in [2.45, 2.75) is 109 Å². The molecule has 0 spiro atoms. The Balaban J connectivity index is 1.23. The average molecular weight is 1230 g/mol. The number of rotatable bonds is 32. The number of hydrogen-bond acceptors (Lipinski definition) is 19. The zero-order chi connectivity index (χ0) is 64.7. The zero-order valence-electron chi connectivity index (χ0n) is 49.3. The van der Waals surface area contributed by atoms with Crippen LogP contribution in [0.3, 0.4) is 0 Å². The molecule has 0 saturated carbocycles. The molecule has 0 radical (unpaired) electrons. The van der Waals surface area contributed by atoms with Crippen LogP contribution in [-0.4, -0.2) is 133 Å². The number of methoxy groups -OCH3 is 1. The highest BCUT2D eigenvalue weighted by molar-refractivity contribution is 6.02.